The molecule has 0 radical (unpaired) electrons. The summed E-state index contributed by atoms with van der Waals surface area (Å²) in [5, 5.41) is 16.9. The van der Waals surface area contributed by atoms with E-state index in [1.54, 1.807) is 30.5 Å². The van der Waals surface area contributed by atoms with E-state index in [9.17, 15) is 14.4 Å². The van der Waals surface area contributed by atoms with Gasteiger partial charge < -0.3 is 21.5 Å². The lowest BCUT2D eigenvalue weighted by Gasteiger charge is -2.32. The Labute approximate surface area is 279 Å². The highest BCUT2D eigenvalue weighted by Gasteiger charge is 2.35. The van der Waals surface area contributed by atoms with Gasteiger partial charge in [-0.25, -0.2) is 19.7 Å². The Balaban J connectivity index is 1.29. The van der Waals surface area contributed by atoms with E-state index >= 15 is 0 Å². The van der Waals surface area contributed by atoms with E-state index < -0.39 is 23.6 Å². The number of tetrazole rings is 1. The Morgan fingerprint density at radius 1 is 1.02 bits per heavy atom. The normalized spacial score (nSPS) is 16.9. The minimum atomic E-state index is -0.979. The number of aromatic amines is 1. The molecule has 5 rings (SSSR count). The molecule has 0 spiro atoms. The van der Waals surface area contributed by atoms with Crippen molar-refractivity contribution in [2.24, 2.45) is 17.6 Å². The van der Waals surface area contributed by atoms with Crippen molar-refractivity contribution in [3.05, 3.63) is 66.0 Å². The van der Waals surface area contributed by atoms with E-state index in [1.807, 2.05) is 52.0 Å². The molecule has 2 heterocycles. The number of aromatic nitrogens is 6. The minimum absolute atomic E-state index is 0.203. The summed E-state index contributed by atoms with van der Waals surface area (Å²) in [7, 11) is 0. The first-order valence-electron chi connectivity index (χ1n) is 16.0. The molecule has 0 saturated heterocycles. The molecular formula is C34H42N10O4. The fraction of sp³-hybridized carbons (Fsp3) is 0.412. The molecule has 0 bridgehead atoms. The molecule has 0 unspecified atom stereocenters. The van der Waals surface area contributed by atoms with Crippen molar-refractivity contribution in [3.63, 3.8) is 0 Å². The summed E-state index contributed by atoms with van der Waals surface area (Å²) in [5.41, 5.74) is 16.1. The zero-order chi connectivity index (χ0) is 34.4. The van der Waals surface area contributed by atoms with Gasteiger partial charge in [-0.1, -0.05) is 24.3 Å². The molecule has 3 amide bonds. The third-order valence-electron chi connectivity index (χ3n) is 8.34. The number of rotatable bonds is 9. The van der Waals surface area contributed by atoms with E-state index in [1.165, 1.54) is 4.90 Å². The molecule has 1 aliphatic rings. The van der Waals surface area contributed by atoms with Crippen LogP contribution in [0, 0.1) is 18.8 Å². The van der Waals surface area contributed by atoms with Crippen LogP contribution in [-0.4, -0.2) is 66.7 Å². The quantitative estimate of drug-likeness (QED) is 0.203. The van der Waals surface area contributed by atoms with Crippen molar-refractivity contribution in [1.29, 1.82) is 0 Å². The van der Waals surface area contributed by atoms with Gasteiger partial charge in [0.1, 0.15) is 5.60 Å². The number of ether oxygens (including phenoxy) is 1. The number of amides is 3. The number of carbonyl (C=O) groups excluding carboxylic acids is 3. The van der Waals surface area contributed by atoms with Gasteiger partial charge in [0.2, 0.25) is 17.7 Å². The van der Waals surface area contributed by atoms with Crippen LogP contribution in [0.2, 0.25) is 0 Å². The van der Waals surface area contributed by atoms with E-state index in [-0.39, 0.29) is 30.1 Å². The molecule has 14 heteroatoms. The SMILES string of the molecule is Cc1nc(N)ncc1-c1ccc(C[C@H](N)C(=O)N(C(=O)C2CCC(CNC(=O)OC(C)(C)C)CC2)c2ccc(-c3nn[nH]n3)cc2)cc1. The summed E-state index contributed by atoms with van der Waals surface area (Å²) >= 11 is 0. The molecule has 4 aromatic rings. The second-order valence-electron chi connectivity index (χ2n) is 13.1. The second-order valence-corrected chi connectivity index (χ2v) is 13.1. The Morgan fingerprint density at radius 2 is 1.69 bits per heavy atom. The van der Waals surface area contributed by atoms with Crippen LogP contribution in [0.1, 0.15) is 57.7 Å². The number of carbonyl (C=O) groups is 3. The molecule has 2 aromatic heterocycles. The van der Waals surface area contributed by atoms with Crippen molar-refractivity contribution >= 4 is 29.5 Å². The third kappa shape index (κ3) is 8.56. The number of anilines is 2. The predicted octanol–water partition coefficient (Wildman–Crippen LogP) is 3.98. The largest absolute Gasteiger partial charge is 0.444 e. The second kappa shape index (κ2) is 14.7. The topological polar surface area (TPSA) is 208 Å². The van der Waals surface area contributed by atoms with Crippen molar-refractivity contribution in [3.8, 4) is 22.5 Å². The van der Waals surface area contributed by atoms with Crippen LogP contribution in [0.3, 0.4) is 0 Å². The smallest absolute Gasteiger partial charge is 0.407 e. The zero-order valence-electron chi connectivity index (χ0n) is 27.6. The Morgan fingerprint density at radius 3 is 2.29 bits per heavy atom. The maximum Gasteiger partial charge on any atom is 0.407 e. The highest BCUT2D eigenvalue weighted by molar-refractivity contribution is 6.17. The first-order valence-corrected chi connectivity index (χ1v) is 16.0. The molecule has 1 aliphatic carbocycles. The molecule has 1 fully saturated rings. The fourth-order valence-electron chi connectivity index (χ4n) is 5.84. The van der Waals surface area contributed by atoms with Gasteiger partial charge in [-0.3, -0.25) is 9.59 Å². The summed E-state index contributed by atoms with van der Waals surface area (Å²) in [4.78, 5) is 49.8. The fourth-order valence-corrected chi connectivity index (χ4v) is 5.84. The lowest BCUT2D eigenvalue weighted by molar-refractivity contribution is -0.130. The molecule has 1 atom stereocenters. The summed E-state index contributed by atoms with van der Waals surface area (Å²) in [6.45, 7) is 7.78. The van der Waals surface area contributed by atoms with Gasteiger partial charge in [0.15, 0.2) is 0 Å². The minimum Gasteiger partial charge on any atom is -0.444 e. The Hall–Kier alpha value is -5.24. The van der Waals surface area contributed by atoms with Crippen LogP contribution in [0.4, 0.5) is 16.4 Å². The number of imide groups is 1. The van der Waals surface area contributed by atoms with Gasteiger partial charge >= 0.3 is 6.09 Å². The van der Waals surface area contributed by atoms with Crippen LogP contribution in [0.25, 0.3) is 22.5 Å². The number of benzene rings is 2. The molecule has 6 N–H and O–H groups in total. The maximum absolute atomic E-state index is 14.1. The lowest BCUT2D eigenvalue weighted by Crippen LogP contribution is -2.50. The van der Waals surface area contributed by atoms with Gasteiger partial charge in [-0.15, -0.1) is 10.2 Å². The van der Waals surface area contributed by atoms with Crippen LogP contribution in [-0.2, 0) is 20.7 Å². The lowest BCUT2D eigenvalue weighted by atomic mass is 9.81. The monoisotopic (exact) mass is 654 g/mol. The van der Waals surface area contributed by atoms with Crippen LogP contribution in [0.15, 0.2) is 54.7 Å². The number of aryl methyl sites for hydroxylation is 1. The van der Waals surface area contributed by atoms with E-state index in [0.29, 0.717) is 36.5 Å². The number of hydrogen-bond donors (Lipinski definition) is 4. The van der Waals surface area contributed by atoms with Crippen molar-refractivity contribution < 1.29 is 19.1 Å². The first-order chi connectivity index (χ1) is 22.9. The summed E-state index contributed by atoms with van der Waals surface area (Å²) in [6.07, 6.45) is 4.05. The van der Waals surface area contributed by atoms with E-state index in [0.717, 1.165) is 35.2 Å². The average Bonchev–Trinajstić information content (AvgIpc) is 3.59. The Kier molecular flexibility index (Phi) is 10.4. The number of nitrogens with two attached hydrogens (primary N) is 2. The highest BCUT2D eigenvalue weighted by Crippen LogP contribution is 2.32. The number of alkyl carbamates (subject to hydrolysis) is 1. The van der Waals surface area contributed by atoms with Gasteiger partial charge in [0, 0.05) is 29.8 Å². The van der Waals surface area contributed by atoms with Crippen molar-refractivity contribution in [2.45, 2.75) is 71.4 Å². The molecule has 0 aliphatic heterocycles. The van der Waals surface area contributed by atoms with E-state index in [2.05, 4.69) is 35.9 Å². The molecule has 2 aromatic carbocycles. The van der Waals surface area contributed by atoms with Crippen LogP contribution >= 0.6 is 0 Å². The number of nitrogens with one attached hydrogen (secondary N) is 2. The van der Waals surface area contributed by atoms with Crippen molar-refractivity contribution in [1.82, 2.24) is 35.9 Å². The third-order valence-corrected chi connectivity index (χ3v) is 8.34. The summed E-state index contributed by atoms with van der Waals surface area (Å²) < 4.78 is 5.34. The average molecular weight is 655 g/mol. The summed E-state index contributed by atoms with van der Waals surface area (Å²) in [5.74, 6) is -0.355. The van der Waals surface area contributed by atoms with Crippen molar-refractivity contribution in [2.75, 3.05) is 17.2 Å². The molecule has 1 saturated carbocycles. The van der Waals surface area contributed by atoms with Crippen LogP contribution in [0.5, 0.6) is 0 Å². The van der Waals surface area contributed by atoms with Gasteiger partial charge in [0.25, 0.3) is 5.91 Å². The number of hydrogen-bond acceptors (Lipinski definition) is 11. The zero-order valence-corrected chi connectivity index (χ0v) is 27.6. The van der Waals surface area contributed by atoms with Gasteiger partial charge in [-0.05, 0) is 106 Å². The summed E-state index contributed by atoms with van der Waals surface area (Å²) in [6, 6.07) is 13.5. The molecule has 14 nitrogen and oxygen atoms in total. The first kappa shape index (κ1) is 34.1. The standard InChI is InChI=1S/C34H42N10O4/c1-20-27(19-37-32(36)39-20)23-9-5-21(6-10-23)17-28(35)31(46)44(26-15-13-24(14-16-26)29-40-42-43-41-29)30(45)25-11-7-22(8-12-25)18-38-33(47)48-34(2,3)4/h5-6,9-10,13-16,19,22,25,28H,7-8,11-12,17-18,35H2,1-4H3,(H,38,47)(H2,36,37,39)(H,40,41,42,43)/t22?,25?,28-/m0/s1. The van der Waals surface area contributed by atoms with E-state index in [4.69, 9.17) is 16.2 Å². The molecule has 48 heavy (non-hydrogen) atoms. The maximum atomic E-state index is 14.1. The molecular weight excluding hydrogens is 612 g/mol. The number of nitrogen functional groups attached to an aromatic ring is 1. The molecule has 252 valence electrons. The number of H-pyrrole nitrogens is 1. The predicted molar refractivity (Wildman–Crippen MR) is 180 cm³/mol. The van der Waals surface area contributed by atoms with Gasteiger partial charge in [-0.2, -0.15) is 5.21 Å². The highest BCUT2D eigenvalue weighted by atomic mass is 16.6. The number of nitrogens with zero attached hydrogens (tertiary/aromatic N) is 6. The van der Waals surface area contributed by atoms with Gasteiger partial charge in [0.05, 0.1) is 17.4 Å². The Bertz CT molecular complexity index is 1710. The van der Waals surface area contributed by atoms with Crippen LogP contribution < -0.4 is 21.7 Å².